The van der Waals surface area contributed by atoms with E-state index in [4.69, 9.17) is 0 Å². The molecule has 0 unspecified atom stereocenters. The van der Waals surface area contributed by atoms with Crippen LogP contribution in [-0.4, -0.2) is 0 Å². The Hall–Kier alpha value is 2.40. The summed E-state index contributed by atoms with van der Waals surface area (Å²) in [5.74, 6) is 0. The van der Waals surface area contributed by atoms with Gasteiger partial charge in [0.15, 0.2) is 0 Å². The van der Waals surface area contributed by atoms with Crippen LogP contribution in [0.4, 0.5) is 0 Å². The van der Waals surface area contributed by atoms with E-state index in [9.17, 15) is 0 Å². The summed E-state index contributed by atoms with van der Waals surface area (Å²) in [6.45, 7) is 0. The maximum absolute atomic E-state index is 2.30. The molecule has 0 radical (unpaired) electrons. The highest BCUT2D eigenvalue weighted by atomic mass is 127. The third kappa shape index (κ3) is 4.25. The van der Waals surface area contributed by atoms with E-state index in [2.05, 4.69) is 98.5 Å². The van der Waals surface area contributed by atoms with Crippen molar-refractivity contribution in [1.29, 1.82) is 0 Å². The number of hydrogen-bond donors (Lipinski definition) is 0. The molecule has 0 saturated carbocycles. The van der Waals surface area contributed by atoms with Gasteiger partial charge >= 0.3 is 0 Å². The lowest BCUT2D eigenvalue weighted by Gasteiger charge is -1.88. The fourth-order valence-corrected chi connectivity index (χ4v) is 2.28. The van der Waals surface area contributed by atoms with Gasteiger partial charge in [0.1, 0.15) is 0 Å². The molecule has 0 saturated heterocycles. The summed E-state index contributed by atoms with van der Waals surface area (Å²) in [5.41, 5.74) is 0. The maximum atomic E-state index is 2.30. The first-order valence-electron chi connectivity index (χ1n) is 1.64. The molecule has 0 amide bonds. The van der Waals surface area contributed by atoms with Gasteiger partial charge in [-0.2, -0.15) is 0 Å². The summed E-state index contributed by atoms with van der Waals surface area (Å²) in [4.78, 5) is 0. The van der Waals surface area contributed by atoms with Gasteiger partial charge in [-0.05, 0) is 53.3 Å². The van der Waals surface area contributed by atoms with E-state index in [1.54, 1.807) is 0 Å². The van der Waals surface area contributed by atoms with Crippen LogP contribution in [0.5, 0.6) is 0 Å². The zero-order chi connectivity index (χ0) is 6.57. The van der Waals surface area contributed by atoms with Gasteiger partial charge in [-0.15, -0.1) is 0 Å². The predicted molar refractivity (Wildman–Crippen MR) is 72.2 cm³/mol. The largest absolute Gasteiger partial charge is 0.0518 e. The van der Waals surface area contributed by atoms with Crippen LogP contribution in [0.2, 0.25) is 0 Å². The van der Waals surface area contributed by atoms with E-state index in [1.165, 1.54) is 7.16 Å². The average Bonchev–Trinajstić information content (AvgIpc) is 1.84. The van der Waals surface area contributed by atoms with Gasteiger partial charge in [0.2, 0.25) is 0 Å². The first kappa shape index (κ1) is 10.4. The quantitative estimate of drug-likeness (QED) is 0.331. The van der Waals surface area contributed by atoms with Crippen molar-refractivity contribution in [3.8, 4) is 0 Å². The van der Waals surface area contributed by atoms with Crippen molar-refractivity contribution >= 4 is 90.4 Å². The van der Waals surface area contributed by atoms with Gasteiger partial charge in [-0.3, -0.25) is 0 Å². The molecule has 0 fully saturated rings. The molecule has 0 aliphatic heterocycles. The minimum atomic E-state index is 1.30. The van der Waals surface area contributed by atoms with Crippen molar-refractivity contribution in [2.45, 2.75) is 0 Å². The summed E-state index contributed by atoms with van der Waals surface area (Å²) in [5, 5.41) is 0. The summed E-state index contributed by atoms with van der Waals surface area (Å²) in [6, 6.07) is 0. The van der Waals surface area contributed by atoms with E-state index in [-0.39, 0.29) is 0 Å². The fourth-order valence-electron chi connectivity index (χ4n) is 0.104. The molecule has 4 heteroatoms. The van der Waals surface area contributed by atoms with Crippen LogP contribution in [0, 0.1) is 0 Å². The minimum absolute atomic E-state index is 1.30. The van der Waals surface area contributed by atoms with E-state index < -0.39 is 0 Å². The summed E-state index contributed by atoms with van der Waals surface area (Å²) in [7, 11) is 0. The molecule has 0 N–H and O–H groups in total. The fraction of sp³-hybridized carbons (Fsp3) is 0. The van der Waals surface area contributed by atoms with Gasteiger partial charge in [-0.25, -0.2) is 0 Å². The first-order chi connectivity index (χ1) is 3.72. The van der Waals surface area contributed by atoms with Crippen molar-refractivity contribution < 1.29 is 0 Å². The Labute approximate surface area is 104 Å². The molecular weight excluding hydrogens is 556 g/mol. The second kappa shape index (κ2) is 6.13. The summed E-state index contributed by atoms with van der Waals surface area (Å²) < 4.78 is 6.74. The van der Waals surface area contributed by atoms with Crippen molar-refractivity contribution in [2.75, 3.05) is 0 Å². The Kier molecular flexibility index (Phi) is 7.97. The normalized spacial score (nSPS) is 14.5. The Morgan fingerprint density at radius 1 is 0.875 bits per heavy atom. The predicted octanol–water partition coefficient (Wildman–Crippen LogP) is 4.41. The van der Waals surface area contributed by atoms with Crippen molar-refractivity contribution in [3.05, 3.63) is 15.3 Å². The lowest BCUT2D eigenvalue weighted by molar-refractivity contribution is 2.06. The van der Waals surface area contributed by atoms with Crippen LogP contribution in [-0.2, 0) is 0 Å². The van der Waals surface area contributed by atoms with Crippen LogP contribution >= 0.6 is 90.4 Å². The van der Waals surface area contributed by atoms with Gasteiger partial charge in [-0.1, -0.05) is 45.2 Å². The zero-order valence-corrected chi connectivity index (χ0v) is 12.3. The molecule has 46 valence electrons. The van der Waals surface area contributed by atoms with E-state index >= 15 is 0 Å². The second-order valence-electron chi connectivity index (χ2n) is 0.914. The Balaban J connectivity index is 4.04. The lowest BCUT2D eigenvalue weighted by Crippen LogP contribution is -1.61. The summed E-state index contributed by atoms with van der Waals surface area (Å²) >= 11 is 9.08. The van der Waals surface area contributed by atoms with E-state index in [0.717, 1.165) is 0 Å². The minimum Gasteiger partial charge on any atom is -0.0518 e. The molecule has 0 nitrogen and oxygen atoms in total. The third-order valence-corrected chi connectivity index (χ3v) is 6.87. The number of allylic oxidation sites excluding steroid dienone is 2. The molecule has 0 aromatic heterocycles. The van der Waals surface area contributed by atoms with Crippen LogP contribution in [0.3, 0.4) is 0 Å². The molecule has 0 aromatic rings. The molecule has 0 aliphatic rings. The molecular formula is C4H2I4. The highest BCUT2D eigenvalue weighted by Crippen LogP contribution is 2.26. The standard InChI is InChI=1S/C4H2I4/c5-1-3(7)4(8)2-6/h1-2H/b3-1-,4-2-. The summed E-state index contributed by atoms with van der Waals surface area (Å²) in [6.07, 6.45) is 0. The van der Waals surface area contributed by atoms with Crippen LogP contribution in [0.1, 0.15) is 0 Å². The third-order valence-electron chi connectivity index (χ3n) is 0.420. The van der Waals surface area contributed by atoms with E-state index in [1.807, 2.05) is 0 Å². The van der Waals surface area contributed by atoms with E-state index in [0.29, 0.717) is 0 Å². The molecule has 0 aliphatic carbocycles. The maximum Gasteiger partial charge on any atom is 0.0329 e. The SMILES string of the molecule is I/C=C(I)/C(I)=C/I. The highest BCUT2D eigenvalue weighted by molar-refractivity contribution is 14.1. The molecule has 0 heterocycles. The molecule has 0 rings (SSSR count). The number of hydrogen-bond acceptors (Lipinski definition) is 0. The Morgan fingerprint density at radius 3 is 1.25 bits per heavy atom. The van der Waals surface area contributed by atoms with Gasteiger partial charge in [0.05, 0.1) is 0 Å². The average molecular weight is 558 g/mol. The second-order valence-corrected chi connectivity index (χ2v) is 4.48. The molecule has 0 bridgehead atoms. The number of rotatable bonds is 1. The molecule has 8 heavy (non-hydrogen) atoms. The van der Waals surface area contributed by atoms with Gasteiger partial charge in [0, 0.05) is 7.16 Å². The Morgan fingerprint density at radius 2 is 1.12 bits per heavy atom. The monoisotopic (exact) mass is 558 g/mol. The lowest BCUT2D eigenvalue weighted by atomic mass is 10.6. The van der Waals surface area contributed by atoms with Crippen LogP contribution in [0.25, 0.3) is 0 Å². The Bertz CT molecular complexity index is 108. The molecule has 0 atom stereocenters. The zero-order valence-electron chi connectivity index (χ0n) is 3.67. The van der Waals surface area contributed by atoms with Crippen LogP contribution < -0.4 is 0 Å². The van der Waals surface area contributed by atoms with Crippen molar-refractivity contribution in [3.63, 3.8) is 0 Å². The van der Waals surface area contributed by atoms with Gasteiger partial charge < -0.3 is 0 Å². The topological polar surface area (TPSA) is 0 Å². The van der Waals surface area contributed by atoms with Crippen molar-refractivity contribution in [1.82, 2.24) is 0 Å². The van der Waals surface area contributed by atoms with Crippen LogP contribution in [0.15, 0.2) is 15.3 Å². The molecule has 0 spiro atoms. The highest BCUT2D eigenvalue weighted by Gasteiger charge is 1.91. The number of halogens is 4. The van der Waals surface area contributed by atoms with Crippen molar-refractivity contribution in [2.24, 2.45) is 0 Å². The smallest absolute Gasteiger partial charge is 0.0329 e. The van der Waals surface area contributed by atoms with Gasteiger partial charge in [0.25, 0.3) is 0 Å². The molecule has 0 aromatic carbocycles. The first-order valence-corrected chi connectivity index (χ1v) is 6.29.